The van der Waals surface area contributed by atoms with Crippen molar-refractivity contribution in [3.63, 3.8) is 0 Å². The predicted molar refractivity (Wildman–Crippen MR) is 94.4 cm³/mol. The third-order valence-electron chi connectivity index (χ3n) is 2.88. The largest absolute Gasteiger partial charge is 0.436 e. The molecule has 0 fully saturated rings. The fraction of sp³-hybridized carbons (Fsp3) is 0.0667. The number of nitrogens with zero attached hydrogens (tertiary/aromatic N) is 3. The number of hydrogen-bond donors (Lipinski definition) is 3. The highest BCUT2D eigenvalue weighted by Crippen LogP contribution is 2.39. The first kappa shape index (κ1) is 20.3. The van der Waals surface area contributed by atoms with E-state index in [1.807, 2.05) is 0 Å². The van der Waals surface area contributed by atoms with Gasteiger partial charge in [-0.1, -0.05) is 29.3 Å². The van der Waals surface area contributed by atoms with Gasteiger partial charge in [-0.3, -0.25) is 10.8 Å². The van der Waals surface area contributed by atoms with Crippen LogP contribution in [0.2, 0.25) is 10.0 Å². The molecule has 4 N–H and O–H groups in total. The van der Waals surface area contributed by atoms with Crippen LogP contribution in [0.5, 0.6) is 11.6 Å². The van der Waals surface area contributed by atoms with Crippen LogP contribution in [0.3, 0.4) is 0 Å². The van der Waals surface area contributed by atoms with Crippen LogP contribution in [-0.2, 0) is 6.18 Å². The van der Waals surface area contributed by atoms with Gasteiger partial charge in [-0.15, -0.1) is 0 Å². The number of hydrogen-bond acceptors (Lipinski definition) is 6. The van der Waals surface area contributed by atoms with Gasteiger partial charge in [0, 0.05) is 6.07 Å². The van der Waals surface area contributed by atoms with Crippen LogP contribution in [-0.4, -0.2) is 16.5 Å². The number of rotatable bonds is 5. The minimum Gasteiger partial charge on any atom is -0.436 e. The van der Waals surface area contributed by atoms with E-state index in [1.54, 1.807) is 6.07 Å². The molecule has 2 aromatic rings. The molecule has 0 aliphatic heterocycles. The van der Waals surface area contributed by atoms with E-state index in [9.17, 15) is 13.2 Å². The summed E-state index contributed by atoms with van der Waals surface area (Å²) >= 11 is 12.1. The summed E-state index contributed by atoms with van der Waals surface area (Å²) in [4.78, 5) is 3.36. The second kappa shape index (κ2) is 8.11. The van der Waals surface area contributed by atoms with Crippen LogP contribution < -0.4 is 15.9 Å². The summed E-state index contributed by atoms with van der Waals surface area (Å²) in [6.45, 7) is 0. The Morgan fingerprint density at radius 3 is 2.44 bits per heavy atom. The molecule has 27 heavy (non-hydrogen) atoms. The van der Waals surface area contributed by atoms with Gasteiger partial charge in [-0.25, -0.2) is 4.98 Å². The Balaban J connectivity index is 2.28. The van der Waals surface area contributed by atoms with Gasteiger partial charge in [0.05, 0.1) is 15.7 Å². The molecule has 0 saturated carbocycles. The lowest BCUT2D eigenvalue weighted by Gasteiger charge is -2.12. The number of halogens is 5. The van der Waals surface area contributed by atoms with Crippen LogP contribution in [0.15, 0.2) is 35.4 Å². The van der Waals surface area contributed by atoms with Gasteiger partial charge in [0.25, 0.3) is 0 Å². The first-order valence-corrected chi connectivity index (χ1v) is 7.66. The van der Waals surface area contributed by atoms with Gasteiger partial charge in [0.15, 0.2) is 11.6 Å². The molecular weight excluding hydrogens is 408 g/mol. The topological polar surface area (TPSA) is 120 Å². The highest BCUT2D eigenvalue weighted by atomic mass is 35.5. The Hall–Kier alpha value is -3.03. The van der Waals surface area contributed by atoms with E-state index in [2.05, 4.69) is 15.5 Å². The molecular formula is C15H9Cl2F3N6O. The maximum atomic E-state index is 12.7. The number of pyridine rings is 1. The summed E-state index contributed by atoms with van der Waals surface area (Å²) in [7, 11) is 0. The Morgan fingerprint density at radius 2 is 1.93 bits per heavy atom. The standard InChI is InChI=1S/C15H9Cl2F3N6O/c16-8-4-7(25-26-10(6-21)14(22)23)5-9(17)13(8)27-12-3-1-2-11(24-12)15(18,19)20/h1-5,25H,(H3,22,23)/b26-10+. The number of nitrogens with two attached hydrogens (primary N) is 1. The minimum atomic E-state index is -4.63. The first-order chi connectivity index (χ1) is 12.6. The molecule has 0 radical (unpaired) electrons. The van der Waals surface area contributed by atoms with E-state index in [0.717, 1.165) is 12.1 Å². The van der Waals surface area contributed by atoms with Gasteiger partial charge < -0.3 is 10.5 Å². The summed E-state index contributed by atoms with van der Waals surface area (Å²) in [5.41, 5.74) is 6.32. The van der Waals surface area contributed by atoms with Crippen LogP contribution >= 0.6 is 23.2 Å². The van der Waals surface area contributed by atoms with Crippen molar-refractivity contribution in [1.29, 1.82) is 10.7 Å². The SMILES string of the molecule is N#C/C(=N\Nc1cc(Cl)c(Oc2cccc(C(F)(F)F)n2)c(Cl)c1)C(=N)N. The van der Waals surface area contributed by atoms with Crippen LogP contribution in [0.4, 0.5) is 18.9 Å². The van der Waals surface area contributed by atoms with Gasteiger partial charge in [-0.2, -0.15) is 23.5 Å². The number of hydrazone groups is 1. The summed E-state index contributed by atoms with van der Waals surface area (Å²) in [6.07, 6.45) is -4.63. The first-order valence-electron chi connectivity index (χ1n) is 6.91. The lowest BCUT2D eigenvalue weighted by atomic mass is 10.3. The zero-order valence-corrected chi connectivity index (χ0v) is 14.6. The van der Waals surface area contributed by atoms with E-state index in [0.29, 0.717) is 0 Å². The predicted octanol–water partition coefficient (Wildman–Crippen LogP) is 4.43. The van der Waals surface area contributed by atoms with Crippen molar-refractivity contribution in [2.75, 3.05) is 5.43 Å². The van der Waals surface area contributed by atoms with Gasteiger partial charge in [0.2, 0.25) is 11.6 Å². The summed E-state index contributed by atoms with van der Waals surface area (Å²) < 4.78 is 43.4. The van der Waals surface area contributed by atoms with Crippen molar-refractivity contribution >= 4 is 40.4 Å². The average Bonchev–Trinajstić information content (AvgIpc) is 2.58. The quantitative estimate of drug-likeness (QED) is 0.378. The number of ether oxygens (including phenoxy) is 1. The third-order valence-corrected chi connectivity index (χ3v) is 3.44. The number of nitriles is 1. The van der Waals surface area contributed by atoms with Crippen molar-refractivity contribution in [3.05, 3.63) is 46.1 Å². The van der Waals surface area contributed by atoms with Crippen LogP contribution in [0.25, 0.3) is 0 Å². The molecule has 0 atom stereocenters. The highest BCUT2D eigenvalue weighted by molar-refractivity contribution is 6.45. The second-order valence-corrected chi connectivity index (χ2v) is 5.64. The van der Waals surface area contributed by atoms with Crippen molar-refractivity contribution in [1.82, 2.24) is 4.98 Å². The fourth-order valence-corrected chi connectivity index (χ4v) is 2.29. The van der Waals surface area contributed by atoms with Crippen molar-refractivity contribution in [2.45, 2.75) is 6.18 Å². The van der Waals surface area contributed by atoms with Crippen molar-refractivity contribution in [2.24, 2.45) is 10.8 Å². The minimum absolute atomic E-state index is 0.0549. The Morgan fingerprint density at radius 1 is 1.30 bits per heavy atom. The lowest BCUT2D eigenvalue weighted by Crippen LogP contribution is -2.21. The normalized spacial score (nSPS) is 11.6. The lowest BCUT2D eigenvalue weighted by molar-refractivity contribution is -0.141. The van der Waals surface area contributed by atoms with Gasteiger partial charge >= 0.3 is 6.18 Å². The molecule has 140 valence electrons. The summed E-state index contributed by atoms with van der Waals surface area (Å²) in [5, 5.41) is 19.4. The van der Waals surface area contributed by atoms with Crippen LogP contribution in [0, 0.1) is 16.7 Å². The molecule has 2 rings (SSSR count). The van der Waals surface area contributed by atoms with E-state index in [1.165, 1.54) is 18.2 Å². The maximum Gasteiger partial charge on any atom is 0.433 e. The number of benzene rings is 1. The van der Waals surface area contributed by atoms with E-state index >= 15 is 0 Å². The number of alkyl halides is 3. The van der Waals surface area contributed by atoms with Gasteiger partial charge in [-0.05, 0) is 18.2 Å². The molecule has 0 amide bonds. The fourth-order valence-electron chi connectivity index (χ4n) is 1.72. The zero-order chi connectivity index (χ0) is 20.2. The molecule has 0 saturated heterocycles. The number of aromatic nitrogens is 1. The molecule has 0 aliphatic rings. The average molecular weight is 417 g/mol. The smallest absolute Gasteiger partial charge is 0.433 e. The molecule has 0 spiro atoms. The van der Waals surface area contributed by atoms with E-state index in [4.69, 9.17) is 44.3 Å². The van der Waals surface area contributed by atoms with Crippen LogP contribution in [0.1, 0.15) is 5.69 Å². The maximum absolute atomic E-state index is 12.7. The Bertz CT molecular complexity index is 932. The van der Waals surface area contributed by atoms with Crippen molar-refractivity contribution in [3.8, 4) is 17.7 Å². The molecule has 7 nitrogen and oxygen atoms in total. The monoisotopic (exact) mass is 416 g/mol. The summed E-state index contributed by atoms with van der Waals surface area (Å²) in [6, 6.07) is 7.35. The molecule has 1 aromatic carbocycles. The number of anilines is 1. The van der Waals surface area contributed by atoms with Crippen molar-refractivity contribution < 1.29 is 17.9 Å². The molecule has 0 bridgehead atoms. The molecule has 0 aliphatic carbocycles. The van der Waals surface area contributed by atoms with E-state index < -0.39 is 17.7 Å². The third kappa shape index (κ3) is 5.22. The van der Waals surface area contributed by atoms with E-state index in [-0.39, 0.29) is 33.1 Å². The molecule has 12 heteroatoms. The zero-order valence-electron chi connectivity index (χ0n) is 13.1. The van der Waals surface area contributed by atoms with Gasteiger partial charge in [0.1, 0.15) is 11.8 Å². The summed E-state index contributed by atoms with van der Waals surface area (Å²) in [5.74, 6) is -1.01. The Labute approximate surface area is 160 Å². The molecule has 1 heterocycles. The molecule has 0 unspecified atom stereocenters. The Kier molecular flexibility index (Phi) is 6.09. The molecule has 1 aromatic heterocycles. The second-order valence-electron chi connectivity index (χ2n) is 4.83. The number of nitrogens with one attached hydrogen (secondary N) is 2. The highest BCUT2D eigenvalue weighted by Gasteiger charge is 2.32. The number of amidine groups is 1.